The molecule has 0 saturated heterocycles. The first kappa shape index (κ1) is 18.3. The van der Waals surface area contributed by atoms with Crippen LogP contribution in [0.4, 0.5) is 8.78 Å². The Balaban J connectivity index is 2.09. The summed E-state index contributed by atoms with van der Waals surface area (Å²) in [5.74, 6) is -0.495. The largest absolute Gasteiger partial charge is 0.497 e. The highest BCUT2D eigenvalue weighted by molar-refractivity contribution is 6.30. The summed E-state index contributed by atoms with van der Waals surface area (Å²) in [6.07, 6.45) is -3.66. The van der Waals surface area contributed by atoms with Crippen LogP contribution in [0.15, 0.2) is 48.5 Å². The highest BCUT2D eigenvalue weighted by atomic mass is 35.5. The van der Waals surface area contributed by atoms with Gasteiger partial charge >= 0.3 is 0 Å². The van der Waals surface area contributed by atoms with Crippen molar-refractivity contribution in [2.45, 2.75) is 23.8 Å². The van der Waals surface area contributed by atoms with Crippen LogP contribution in [0.2, 0.25) is 5.02 Å². The number of Topliss-reactive ketones (excluding diaryl/α,β-unsaturated/α-hetero) is 1. The Labute approximate surface area is 152 Å². The molecule has 0 heterocycles. The van der Waals surface area contributed by atoms with E-state index in [1.807, 2.05) is 0 Å². The minimum Gasteiger partial charge on any atom is -0.497 e. The van der Waals surface area contributed by atoms with Crippen molar-refractivity contribution < 1.29 is 23.2 Å². The van der Waals surface area contributed by atoms with Gasteiger partial charge in [-0.2, -0.15) is 0 Å². The van der Waals surface area contributed by atoms with Crippen molar-refractivity contribution >= 4 is 17.4 Å². The Morgan fingerprint density at radius 3 is 2.23 bits per heavy atom. The van der Waals surface area contributed by atoms with Crippen LogP contribution in [0.1, 0.15) is 22.3 Å². The highest BCUT2D eigenvalue weighted by Crippen LogP contribution is 2.64. The van der Waals surface area contributed by atoms with Crippen molar-refractivity contribution in [3.8, 4) is 5.75 Å². The number of ketones is 1. The second kappa shape index (κ2) is 6.32. The molecule has 1 fully saturated rings. The molecular weight excluding hydrogens is 368 g/mol. The lowest BCUT2D eigenvalue weighted by Gasteiger charge is -2.19. The van der Waals surface area contributed by atoms with Gasteiger partial charge in [-0.15, -0.1) is 0 Å². The Kier molecular flexibility index (Phi) is 4.44. The van der Waals surface area contributed by atoms with Crippen molar-refractivity contribution in [3.63, 3.8) is 0 Å². The number of hydrogen-bond donors (Lipinski definition) is 0. The van der Waals surface area contributed by atoms with Gasteiger partial charge in [0, 0.05) is 21.9 Å². The van der Waals surface area contributed by atoms with Crippen molar-refractivity contribution in [1.82, 2.24) is 0 Å². The van der Waals surface area contributed by atoms with Crippen LogP contribution in [0.25, 0.3) is 0 Å². The summed E-state index contributed by atoms with van der Waals surface area (Å²) in [6.45, 7) is 0. The quantitative estimate of drug-likeness (QED) is 0.428. The number of methoxy groups -OCH3 is 1. The van der Waals surface area contributed by atoms with Gasteiger partial charge in [-0.3, -0.25) is 14.9 Å². The summed E-state index contributed by atoms with van der Waals surface area (Å²) >= 11 is 5.78. The Hall–Kier alpha value is -2.54. The number of hydrogen-bond acceptors (Lipinski definition) is 4. The van der Waals surface area contributed by atoms with E-state index in [0.29, 0.717) is 10.8 Å². The Bertz CT molecular complexity index is 856. The summed E-state index contributed by atoms with van der Waals surface area (Å²) in [4.78, 5) is 23.8. The zero-order chi connectivity index (χ0) is 19.1. The summed E-state index contributed by atoms with van der Waals surface area (Å²) in [7, 11) is 1.43. The zero-order valence-electron chi connectivity index (χ0n) is 13.6. The summed E-state index contributed by atoms with van der Waals surface area (Å²) < 4.78 is 33.0. The van der Waals surface area contributed by atoms with Crippen LogP contribution in [-0.4, -0.2) is 29.8 Å². The molecule has 0 aromatic heterocycles. The number of halogens is 3. The fourth-order valence-corrected chi connectivity index (χ4v) is 3.53. The van der Waals surface area contributed by atoms with E-state index >= 15 is 0 Å². The first-order chi connectivity index (χ1) is 12.3. The van der Waals surface area contributed by atoms with E-state index in [1.165, 1.54) is 55.6 Å². The van der Waals surface area contributed by atoms with Crippen molar-refractivity contribution in [1.29, 1.82) is 0 Å². The Morgan fingerprint density at radius 2 is 1.77 bits per heavy atom. The summed E-state index contributed by atoms with van der Waals surface area (Å²) in [5, 5.41) is 12.1. The average molecular weight is 382 g/mol. The molecule has 0 radical (unpaired) electrons. The predicted octanol–water partition coefficient (Wildman–Crippen LogP) is 4.15. The first-order valence-corrected chi connectivity index (χ1v) is 8.05. The second-order valence-electron chi connectivity index (χ2n) is 6.13. The molecule has 5 nitrogen and oxygen atoms in total. The first-order valence-electron chi connectivity index (χ1n) is 7.67. The molecule has 2 atom stereocenters. The molecule has 1 saturated carbocycles. The van der Waals surface area contributed by atoms with Gasteiger partial charge in [0.25, 0.3) is 12.0 Å². The van der Waals surface area contributed by atoms with Crippen LogP contribution in [0, 0.1) is 10.1 Å². The van der Waals surface area contributed by atoms with Crippen molar-refractivity contribution in [3.05, 3.63) is 74.8 Å². The molecule has 0 aliphatic heterocycles. The zero-order valence-corrected chi connectivity index (χ0v) is 14.4. The molecule has 8 heteroatoms. The number of rotatable bonds is 6. The molecule has 0 amide bonds. The molecule has 2 aromatic carbocycles. The van der Waals surface area contributed by atoms with Gasteiger partial charge in [-0.05, 0) is 42.0 Å². The number of alkyl halides is 2. The number of nitrogens with zero attached hydrogens (tertiary/aromatic N) is 1. The molecule has 136 valence electrons. The van der Waals surface area contributed by atoms with Crippen LogP contribution in [0.3, 0.4) is 0 Å². The van der Waals surface area contributed by atoms with Crippen LogP contribution in [-0.2, 0) is 5.41 Å². The second-order valence-corrected chi connectivity index (χ2v) is 6.57. The molecular formula is C18H14ClF2NO4. The van der Waals surface area contributed by atoms with Gasteiger partial charge < -0.3 is 4.74 Å². The molecule has 1 aliphatic rings. The maximum absolute atomic E-state index is 14.0. The van der Waals surface area contributed by atoms with E-state index in [4.69, 9.17) is 16.3 Å². The van der Waals surface area contributed by atoms with Gasteiger partial charge in [0.1, 0.15) is 11.2 Å². The van der Waals surface area contributed by atoms with Gasteiger partial charge in [-0.1, -0.05) is 23.7 Å². The molecule has 0 N–H and O–H groups in total. The molecule has 3 rings (SSSR count). The lowest BCUT2D eigenvalue weighted by molar-refractivity contribution is -0.526. The molecule has 0 unspecified atom stereocenters. The predicted molar refractivity (Wildman–Crippen MR) is 90.8 cm³/mol. The van der Waals surface area contributed by atoms with E-state index in [0.717, 1.165) is 0 Å². The van der Waals surface area contributed by atoms with Crippen LogP contribution < -0.4 is 4.74 Å². The highest BCUT2D eigenvalue weighted by Gasteiger charge is 2.87. The van der Waals surface area contributed by atoms with E-state index in [-0.39, 0.29) is 11.1 Å². The third kappa shape index (κ3) is 2.46. The van der Waals surface area contributed by atoms with Crippen molar-refractivity contribution in [2.24, 2.45) is 0 Å². The summed E-state index contributed by atoms with van der Waals surface area (Å²) in [6, 6.07) is 10.9. The van der Waals surface area contributed by atoms with Crippen molar-refractivity contribution in [2.75, 3.05) is 7.11 Å². The lowest BCUT2D eigenvalue weighted by Crippen LogP contribution is -2.43. The monoisotopic (exact) mass is 381 g/mol. The molecule has 2 aromatic rings. The van der Waals surface area contributed by atoms with E-state index in [1.54, 1.807) is 0 Å². The van der Waals surface area contributed by atoms with Gasteiger partial charge in [0.05, 0.1) is 7.11 Å². The third-order valence-electron chi connectivity index (χ3n) is 4.92. The normalized spacial score (nSPS) is 24.3. The number of carbonyl (C=O) groups is 1. The van der Waals surface area contributed by atoms with Gasteiger partial charge in [0.15, 0.2) is 0 Å². The van der Waals surface area contributed by atoms with Gasteiger partial charge in [-0.25, -0.2) is 8.78 Å². The summed E-state index contributed by atoms with van der Waals surface area (Å²) in [5.41, 5.74) is -4.59. The van der Waals surface area contributed by atoms with Crippen LogP contribution >= 0.6 is 11.6 Å². The van der Waals surface area contributed by atoms with Gasteiger partial charge in [0.2, 0.25) is 5.78 Å². The maximum Gasteiger partial charge on any atom is 0.300 e. The smallest absolute Gasteiger partial charge is 0.300 e. The minimum atomic E-state index is -3.09. The number of carbonyl (C=O) groups excluding carboxylic acids is 1. The Morgan fingerprint density at radius 1 is 1.19 bits per heavy atom. The maximum atomic E-state index is 14.0. The molecule has 0 spiro atoms. The standard InChI is InChI=1S/C18H14ClF2NO4/c1-26-14-8-2-11(3-9-14)15(23)18(22(24)25)10-17(18,16(20)21)12-4-6-13(19)7-5-12/h2-9,16H,10H2,1H3/t17-,18+/m0/s1. The molecule has 26 heavy (non-hydrogen) atoms. The number of benzene rings is 2. The third-order valence-corrected chi connectivity index (χ3v) is 5.17. The minimum absolute atomic E-state index is 0.0148. The number of nitro groups is 1. The van der Waals surface area contributed by atoms with E-state index in [9.17, 15) is 23.7 Å². The molecule has 1 aliphatic carbocycles. The molecule has 0 bridgehead atoms. The van der Waals surface area contributed by atoms with E-state index < -0.39 is 34.5 Å². The topological polar surface area (TPSA) is 69.4 Å². The van der Waals surface area contributed by atoms with E-state index in [2.05, 4.69) is 0 Å². The number of ether oxygens (including phenoxy) is 1. The lowest BCUT2D eigenvalue weighted by atomic mass is 9.87. The fraction of sp³-hybridized carbons (Fsp3) is 0.278. The average Bonchev–Trinajstić information content (AvgIpc) is 3.35. The fourth-order valence-electron chi connectivity index (χ4n) is 3.41. The van der Waals surface area contributed by atoms with Crippen LogP contribution in [0.5, 0.6) is 5.75 Å². The SMILES string of the molecule is COc1ccc(C(=O)[C@]2([N+](=O)[O-])C[C@]2(c2ccc(Cl)cc2)C(F)F)cc1.